The third-order valence-corrected chi connectivity index (χ3v) is 12.4. The fourth-order valence-electron chi connectivity index (χ4n) is 7.13. The molecule has 44 heavy (non-hydrogen) atoms. The van der Waals surface area contributed by atoms with Crippen molar-refractivity contribution in [2.45, 2.75) is 74.6 Å². The number of hydrogen-bond acceptors (Lipinski definition) is 4. The van der Waals surface area contributed by atoms with Gasteiger partial charge in [-0.25, -0.2) is 8.42 Å². The number of sulfonamides is 1. The van der Waals surface area contributed by atoms with Crippen LogP contribution in [0.25, 0.3) is 0 Å². The quantitative estimate of drug-likeness (QED) is 0.229. The number of nitrogens with one attached hydrogen (secondary N) is 1. The molecule has 3 aromatic rings. The first kappa shape index (κ1) is 30.9. The van der Waals surface area contributed by atoms with E-state index in [4.69, 9.17) is 23.2 Å². The maximum absolute atomic E-state index is 14.6. The van der Waals surface area contributed by atoms with Gasteiger partial charge in [0.15, 0.2) is 0 Å². The molecule has 2 saturated carbocycles. The predicted octanol–water partition coefficient (Wildman–Crippen LogP) is 7.14. The molecule has 0 spiro atoms. The summed E-state index contributed by atoms with van der Waals surface area (Å²) in [6.07, 6.45) is 3.10. The largest absolute Gasteiger partial charge is 0.481 e. The molecule has 1 saturated heterocycles. The van der Waals surface area contributed by atoms with Crippen molar-refractivity contribution in [2.24, 2.45) is 11.3 Å². The van der Waals surface area contributed by atoms with Crippen molar-refractivity contribution in [3.8, 4) is 0 Å². The van der Waals surface area contributed by atoms with E-state index in [-0.39, 0.29) is 37.0 Å². The van der Waals surface area contributed by atoms with Gasteiger partial charge >= 0.3 is 5.97 Å². The molecule has 232 valence electrons. The lowest BCUT2D eigenvalue weighted by Crippen LogP contribution is -2.60. The van der Waals surface area contributed by atoms with Crippen molar-refractivity contribution < 1.29 is 23.1 Å². The van der Waals surface area contributed by atoms with Crippen LogP contribution in [0.3, 0.4) is 0 Å². The van der Waals surface area contributed by atoms with Crippen molar-refractivity contribution >= 4 is 50.8 Å². The van der Waals surface area contributed by atoms with Crippen LogP contribution in [0.5, 0.6) is 0 Å². The molecule has 1 heterocycles. The summed E-state index contributed by atoms with van der Waals surface area (Å²) in [5, 5.41) is 13.5. The summed E-state index contributed by atoms with van der Waals surface area (Å²) in [5.74, 6) is -1.73. The Kier molecular flexibility index (Phi) is 8.22. The number of hydrogen-bond donors (Lipinski definition) is 2. The highest BCUT2D eigenvalue weighted by molar-refractivity contribution is 7.93. The average molecular weight is 656 g/mol. The lowest BCUT2D eigenvalue weighted by atomic mass is 9.66. The number of nitrogens with zero attached hydrogens (tertiary/aromatic N) is 1. The number of aliphatic carboxylic acids is 1. The highest BCUT2D eigenvalue weighted by atomic mass is 35.5. The van der Waals surface area contributed by atoms with E-state index in [1.807, 2.05) is 60.7 Å². The smallest absolute Gasteiger partial charge is 0.304 e. The second kappa shape index (κ2) is 11.7. The van der Waals surface area contributed by atoms with Crippen LogP contribution in [0.2, 0.25) is 10.0 Å². The Morgan fingerprint density at radius 3 is 2.25 bits per heavy atom. The highest BCUT2D eigenvalue weighted by Crippen LogP contribution is 2.57. The number of carbonyl (C=O) groups excluding carboxylic acids is 1. The van der Waals surface area contributed by atoms with Gasteiger partial charge in [0.05, 0.1) is 28.3 Å². The minimum Gasteiger partial charge on any atom is -0.481 e. The maximum Gasteiger partial charge on any atom is 0.304 e. The summed E-state index contributed by atoms with van der Waals surface area (Å²) in [7, 11) is -3.80. The number of piperidine rings is 1. The molecule has 1 amide bonds. The third-order valence-electron chi connectivity index (χ3n) is 9.52. The maximum atomic E-state index is 14.6. The number of carbonyl (C=O) groups is 2. The summed E-state index contributed by atoms with van der Waals surface area (Å²) < 4.78 is 30.8. The van der Waals surface area contributed by atoms with Gasteiger partial charge < -0.3 is 10.4 Å². The number of anilines is 1. The Morgan fingerprint density at radius 2 is 1.66 bits per heavy atom. The SMILES string of the molecule is C[C@@]1(CC(=O)O)C[C@H](c2cccc(Cl)c2)[C@H](C[C@@](c2ccc(Cl)cc2)(C2CC2)N(c2ccccc2)S(=O)(=O)C2CC2)NC1=O. The van der Waals surface area contributed by atoms with E-state index in [0.29, 0.717) is 28.6 Å². The number of carboxylic acid groups (broad SMARTS) is 1. The number of amides is 1. The van der Waals surface area contributed by atoms with Crippen LogP contribution >= 0.6 is 23.2 Å². The van der Waals surface area contributed by atoms with E-state index in [2.05, 4.69) is 5.32 Å². The summed E-state index contributed by atoms with van der Waals surface area (Å²) in [6, 6.07) is 23.5. The topological polar surface area (TPSA) is 104 Å². The monoisotopic (exact) mass is 654 g/mol. The van der Waals surface area contributed by atoms with Crippen molar-refractivity contribution in [1.82, 2.24) is 5.32 Å². The molecule has 2 N–H and O–H groups in total. The van der Waals surface area contributed by atoms with Crippen LogP contribution in [-0.2, 0) is 25.2 Å². The van der Waals surface area contributed by atoms with Gasteiger partial charge in [-0.2, -0.15) is 0 Å². The van der Waals surface area contributed by atoms with Gasteiger partial charge in [0.25, 0.3) is 0 Å². The molecule has 6 rings (SSSR count). The highest BCUT2D eigenvalue weighted by Gasteiger charge is 2.59. The molecule has 2 aliphatic carbocycles. The van der Waals surface area contributed by atoms with E-state index in [0.717, 1.165) is 24.0 Å². The predicted molar refractivity (Wildman–Crippen MR) is 172 cm³/mol. The van der Waals surface area contributed by atoms with Crippen molar-refractivity contribution in [1.29, 1.82) is 0 Å². The standard InChI is InChI=1S/C34H36Cl2N2O5S/c1-33(21-31(39)40)19-29(22-6-5-7-26(36)18-22)30(37-32(33)41)20-34(23-10-11-23,24-12-14-25(35)15-13-24)38(27-8-3-2-4-9-27)44(42,43)28-16-17-28/h2-9,12-15,18,23,28-30H,10-11,16-17,19-21H2,1H3,(H,37,41)(H,39,40)/t29-,30+,33+,34+/m1/s1. The molecule has 1 aliphatic heterocycles. The van der Waals surface area contributed by atoms with Crippen molar-refractivity contribution in [3.05, 3.63) is 100 Å². The second-order valence-electron chi connectivity index (χ2n) is 12.8. The molecule has 3 fully saturated rings. The van der Waals surface area contributed by atoms with Gasteiger partial charge in [-0.3, -0.25) is 13.9 Å². The third kappa shape index (κ3) is 5.84. The average Bonchev–Trinajstić information content (AvgIpc) is 3.88. The van der Waals surface area contributed by atoms with E-state index in [9.17, 15) is 23.1 Å². The number of carboxylic acids is 1. The molecule has 4 atom stereocenters. The number of benzene rings is 3. The lowest BCUT2D eigenvalue weighted by Gasteiger charge is -2.50. The van der Waals surface area contributed by atoms with Gasteiger partial charge in [0.2, 0.25) is 15.9 Å². The normalized spacial score (nSPS) is 25.1. The Labute approximate surface area is 268 Å². The Morgan fingerprint density at radius 1 is 0.977 bits per heavy atom. The molecule has 0 unspecified atom stereocenters. The molecule has 10 heteroatoms. The molecule has 0 aromatic heterocycles. The summed E-state index contributed by atoms with van der Waals surface area (Å²) >= 11 is 12.8. The van der Waals surface area contributed by atoms with Crippen LogP contribution in [0, 0.1) is 11.3 Å². The first-order valence-corrected chi connectivity index (χ1v) is 17.3. The van der Waals surface area contributed by atoms with E-state index >= 15 is 0 Å². The van der Waals surface area contributed by atoms with Crippen LogP contribution in [0.15, 0.2) is 78.9 Å². The van der Waals surface area contributed by atoms with Gasteiger partial charge in [-0.15, -0.1) is 0 Å². The number of halogens is 2. The fraction of sp³-hybridized carbons (Fsp3) is 0.412. The van der Waals surface area contributed by atoms with Gasteiger partial charge in [-0.05, 0) is 92.0 Å². The van der Waals surface area contributed by atoms with Crippen molar-refractivity contribution in [3.63, 3.8) is 0 Å². The van der Waals surface area contributed by atoms with Gasteiger partial charge in [0, 0.05) is 22.0 Å². The van der Waals surface area contributed by atoms with E-state index in [1.54, 1.807) is 29.4 Å². The Balaban J connectivity index is 1.55. The molecule has 7 nitrogen and oxygen atoms in total. The van der Waals surface area contributed by atoms with Crippen LogP contribution < -0.4 is 9.62 Å². The molecule has 3 aromatic carbocycles. The lowest BCUT2D eigenvalue weighted by molar-refractivity contribution is -0.147. The zero-order chi connectivity index (χ0) is 31.3. The number of rotatable bonds is 11. The van der Waals surface area contributed by atoms with E-state index in [1.165, 1.54) is 0 Å². The van der Waals surface area contributed by atoms with Gasteiger partial charge in [-0.1, -0.05) is 72.6 Å². The van der Waals surface area contributed by atoms with E-state index < -0.39 is 38.2 Å². The Hall–Kier alpha value is -3.07. The molecule has 3 aliphatic rings. The molecular weight excluding hydrogens is 619 g/mol. The first-order valence-electron chi connectivity index (χ1n) is 15.1. The summed E-state index contributed by atoms with van der Waals surface area (Å²) in [5.41, 5.74) is 0.0739. The molecule has 0 radical (unpaired) electrons. The van der Waals surface area contributed by atoms with Gasteiger partial charge in [0.1, 0.15) is 0 Å². The fourth-order valence-corrected chi connectivity index (χ4v) is 9.69. The minimum absolute atomic E-state index is 0.0124. The zero-order valence-electron chi connectivity index (χ0n) is 24.5. The number of para-hydroxylation sites is 1. The first-order chi connectivity index (χ1) is 20.9. The minimum atomic E-state index is -3.80. The Bertz CT molecular complexity index is 1660. The van der Waals surface area contributed by atoms with Crippen LogP contribution in [0.4, 0.5) is 5.69 Å². The summed E-state index contributed by atoms with van der Waals surface area (Å²) in [6.45, 7) is 1.69. The molecule has 0 bridgehead atoms. The van der Waals surface area contributed by atoms with Crippen LogP contribution in [-0.4, -0.2) is 36.7 Å². The summed E-state index contributed by atoms with van der Waals surface area (Å²) in [4.78, 5) is 25.6. The zero-order valence-corrected chi connectivity index (χ0v) is 26.8. The van der Waals surface area contributed by atoms with Crippen LogP contribution in [0.1, 0.15) is 68.9 Å². The second-order valence-corrected chi connectivity index (χ2v) is 15.8. The molecular formula is C34H36Cl2N2O5S. The van der Waals surface area contributed by atoms with Crippen molar-refractivity contribution in [2.75, 3.05) is 4.31 Å².